The van der Waals surface area contributed by atoms with Gasteiger partial charge in [0.25, 0.3) is 0 Å². The topological polar surface area (TPSA) is 120 Å². The Morgan fingerprint density at radius 1 is 1.23 bits per heavy atom. The molecule has 0 bridgehead atoms. The maximum Gasteiger partial charge on any atom is 0.360 e. The van der Waals surface area contributed by atoms with Crippen LogP contribution < -0.4 is 9.64 Å². The number of ether oxygens (including phenoxy) is 1. The van der Waals surface area contributed by atoms with Crippen LogP contribution in [-0.2, 0) is 0 Å². The number of aromatic nitrogens is 1. The van der Waals surface area contributed by atoms with E-state index in [2.05, 4.69) is 11.1 Å². The number of aliphatic hydroxyl groups excluding tert-OH is 1. The molecule has 0 spiro atoms. The maximum absolute atomic E-state index is 11.9. The Morgan fingerprint density at radius 3 is 2.58 bits per heavy atom. The molecule has 2 atom stereocenters. The van der Waals surface area contributed by atoms with Crippen molar-refractivity contribution in [3.05, 3.63) is 71.2 Å². The molecule has 1 aromatic heterocycles. The first-order valence-corrected chi connectivity index (χ1v) is 9.69. The third-order valence-electron chi connectivity index (χ3n) is 5.29. The SMILES string of the molecule is Cc1nc(C(=O)O)c(N(c2ccccc2)C2c3cc(C#N)ccc3OC(C)(C)C2O)o1. The molecular weight excluding hydrogens is 398 g/mol. The summed E-state index contributed by atoms with van der Waals surface area (Å²) in [5, 5.41) is 30.5. The zero-order chi connectivity index (χ0) is 22.3. The van der Waals surface area contributed by atoms with Crippen LogP contribution in [0.1, 0.15) is 47.4 Å². The molecule has 31 heavy (non-hydrogen) atoms. The number of nitrogens with zero attached hydrogens (tertiary/aromatic N) is 3. The van der Waals surface area contributed by atoms with Crippen LogP contribution in [-0.4, -0.2) is 32.9 Å². The largest absolute Gasteiger partial charge is 0.485 e. The first-order valence-electron chi connectivity index (χ1n) is 9.69. The van der Waals surface area contributed by atoms with Gasteiger partial charge in [0.2, 0.25) is 11.6 Å². The van der Waals surface area contributed by atoms with Crippen LogP contribution in [0.2, 0.25) is 0 Å². The van der Waals surface area contributed by atoms with Crippen molar-refractivity contribution in [2.75, 3.05) is 4.90 Å². The van der Waals surface area contributed by atoms with Crippen molar-refractivity contribution in [3.8, 4) is 11.8 Å². The number of aromatic carboxylic acids is 1. The summed E-state index contributed by atoms with van der Waals surface area (Å²) in [7, 11) is 0. The summed E-state index contributed by atoms with van der Waals surface area (Å²) in [5.41, 5.74) is 0.253. The van der Waals surface area contributed by atoms with E-state index < -0.39 is 23.7 Å². The number of hydrogen-bond donors (Lipinski definition) is 2. The van der Waals surface area contributed by atoms with E-state index >= 15 is 0 Å². The highest BCUT2D eigenvalue weighted by Gasteiger charge is 2.47. The minimum absolute atomic E-state index is 0.00809. The van der Waals surface area contributed by atoms with Gasteiger partial charge in [0, 0.05) is 18.2 Å². The quantitative estimate of drug-likeness (QED) is 0.652. The van der Waals surface area contributed by atoms with Crippen LogP contribution in [0.5, 0.6) is 5.75 Å². The van der Waals surface area contributed by atoms with Gasteiger partial charge in [0.1, 0.15) is 17.5 Å². The molecule has 0 fully saturated rings. The predicted octanol–water partition coefficient (Wildman–Crippen LogP) is 3.96. The Balaban J connectivity index is 2.02. The average molecular weight is 419 g/mol. The molecule has 1 aliphatic heterocycles. The van der Waals surface area contributed by atoms with E-state index in [4.69, 9.17) is 9.15 Å². The van der Waals surface area contributed by atoms with E-state index in [9.17, 15) is 20.3 Å². The van der Waals surface area contributed by atoms with E-state index in [1.807, 2.05) is 6.07 Å². The van der Waals surface area contributed by atoms with Gasteiger partial charge in [-0.15, -0.1) is 0 Å². The summed E-state index contributed by atoms with van der Waals surface area (Å²) in [6.45, 7) is 5.06. The molecule has 4 rings (SSSR count). The van der Waals surface area contributed by atoms with Crippen molar-refractivity contribution >= 4 is 17.5 Å². The molecule has 2 aromatic carbocycles. The number of aliphatic hydroxyl groups is 1. The monoisotopic (exact) mass is 419 g/mol. The molecule has 0 amide bonds. The zero-order valence-electron chi connectivity index (χ0n) is 17.2. The molecule has 8 heteroatoms. The van der Waals surface area contributed by atoms with Crippen LogP contribution in [0.3, 0.4) is 0 Å². The Labute approximate surface area is 178 Å². The number of carbonyl (C=O) groups is 1. The summed E-state index contributed by atoms with van der Waals surface area (Å²) >= 11 is 0. The zero-order valence-corrected chi connectivity index (χ0v) is 17.2. The molecule has 2 unspecified atom stereocenters. The number of nitriles is 1. The summed E-state index contributed by atoms with van der Waals surface area (Å²) in [5.74, 6) is -0.584. The van der Waals surface area contributed by atoms with Gasteiger partial charge in [-0.1, -0.05) is 18.2 Å². The van der Waals surface area contributed by atoms with Gasteiger partial charge >= 0.3 is 5.97 Å². The summed E-state index contributed by atoms with van der Waals surface area (Å²) in [6, 6.07) is 15.3. The summed E-state index contributed by atoms with van der Waals surface area (Å²) < 4.78 is 11.8. The van der Waals surface area contributed by atoms with E-state index in [-0.39, 0.29) is 17.5 Å². The van der Waals surface area contributed by atoms with Crippen molar-refractivity contribution in [2.24, 2.45) is 0 Å². The second-order valence-electron chi connectivity index (χ2n) is 7.86. The summed E-state index contributed by atoms with van der Waals surface area (Å²) in [4.78, 5) is 17.6. The van der Waals surface area contributed by atoms with Crippen molar-refractivity contribution in [1.29, 1.82) is 5.26 Å². The molecular formula is C23H21N3O5. The lowest BCUT2D eigenvalue weighted by Crippen LogP contribution is -2.53. The standard InChI is InChI=1S/C23H21N3O5/c1-13-25-18(22(28)29)21(30-13)26(15-7-5-4-6-8-15)19-16-11-14(12-24)9-10-17(16)31-23(2,3)20(19)27/h4-11,19-20,27H,1-3H3,(H,28,29). The Bertz CT molecular complexity index is 1180. The van der Waals surface area contributed by atoms with Gasteiger partial charge in [-0.3, -0.25) is 4.90 Å². The molecule has 2 heterocycles. The van der Waals surface area contributed by atoms with Gasteiger partial charge in [0.05, 0.1) is 17.7 Å². The van der Waals surface area contributed by atoms with Crippen LogP contribution in [0.15, 0.2) is 52.9 Å². The van der Waals surface area contributed by atoms with Gasteiger partial charge in [-0.2, -0.15) is 5.26 Å². The second kappa shape index (κ2) is 7.45. The van der Waals surface area contributed by atoms with Crippen LogP contribution in [0.25, 0.3) is 0 Å². The number of fused-ring (bicyclic) bond motifs is 1. The van der Waals surface area contributed by atoms with Crippen molar-refractivity contribution in [3.63, 3.8) is 0 Å². The predicted molar refractivity (Wildman–Crippen MR) is 111 cm³/mol. The van der Waals surface area contributed by atoms with E-state index in [1.165, 1.54) is 0 Å². The number of aryl methyl sites for hydroxylation is 1. The number of anilines is 2. The Kier molecular flexibility index (Phi) is 4.91. The molecule has 3 aromatic rings. The fourth-order valence-electron chi connectivity index (χ4n) is 3.83. The van der Waals surface area contributed by atoms with Crippen LogP contribution >= 0.6 is 0 Å². The molecule has 158 valence electrons. The molecule has 0 saturated heterocycles. The highest BCUT2D eigenvalue weighted by molar-refractivity contribution is 5.92. The highest BCUT2D eigenvalue weighted by Crippen LogP contribution is 2.48. The first-order chi connectivity index (χ1) is 14.7. The third kappa shape index (κ3) is 3.49. The minimum atomic E-state index is -1.25. The number of carboxylic acid groups (broad SMARTS) is 1. The van der Waals surface area contributed by atoms with E-state index in [0.717, 1.165) is 0 Å². The molecule has 2 N–H and O–H groups in total. The molecule has 0 saturated carbocycles. The van der Waals surface area contributed by atoms with E-state index in [1.54, 1.807) is 68.1 Å². The lowest BCUT2D eigenvalue weighted by atomic mass is 9.84. The number of oxazole rings is 1. The Morgan fingerprint density at radius 2 is 1.94 bits per heavy atom. The lowest BCUT2D eigenvalue weighted by Gasteiger charge is -2.46. The van der Waals surface area contributed by atoms with Crippen molar-refractivity contribution in [2.45, 2.75) is 38.5 Å². The van der Waals surface area contributed by atoms with Crippen LogP contribution in [0.4, 0.5) is 11.6 Å². The molecule has 8 nitrogen and oxygen atoms in total. The fraction of sp³-hybridized carbons (Fsp3) is 0.261. The van der Waals surface area contributed by atoms with Crippen molar-refractivity contribution in [1.82, 2.24) is 4.98 Å². The molecule has 0 radical (unpaired) electrons. The first kappa shape index (κ1) is 20.4. The molecule has 1 aliphatic rings. The van der Waals surface area contributed by atoms with Gasteiger partial charge in [-0.05, 0) is 44.2 Å². The third-order valence-corrected chi connectivity index (χ3v) is 5.29. The number of carboxylic acids is 1. The number of rotatable bonds is 4. The molecule has 0 aliphatic carbocycles. The average Bonchev–Trinajstić information content (AvgIpc) is 3.13. The fourth-order valence-corrected chi connectivity index (χ4v) is 3.83. The highest BCUT2D eigenvalue weighted by atomic mass is 16.5. The maximum atomic E-state index is 11.9. The normalized spacial score (nSPS) is 19.1. The Hall–Kier alpha value is -3.83. The smallest absolute Gasteiger partial charge is 0.360 e. The lowest BCUT2D eigenvalue weighted by molar-refractivity contribution is -0.0574. The van der Waals surface area contributed by atoms with Crippen molar-refractivity contribution < 1.29 is 24.2 Å². The number of para-hydroxylation sites is 1. The van der Waals surface area contributed by atoms with Gasteiger partial charge in [-0.25, -0.2) is 9.78 Å². The number of hydrogen-bond acceptors (Lipinski definition) is 7. The van der Waals surface area contributed by atoms with Crippen LogP contribution in [0, 0.1) is 18.3 Å². The summed E-state index contributed by atoms with van der Waals surface area (Å²) in [6.07, 6.45) is -1.10. The van der Waals surface area contributed by atoms with Gasteiger partial charge in [0.15, 0.2) is 5.89 Å². The van der Waals surface area contributed by atoms with Gasteiger partial charge < -0.3 is 19.4 Å². The minimum Gasteiger partial charge on any atom is -0.485 e. The second-order valence-corrected chi connectivity index (χ2v) is 7.86. The number of benzene rings is 2. The van der Waals surface area contributed by atoms with E-state index in [0.29, 0.717) is 22.6 Å².